The number of unbranched alkanes of at least 4 members (excludes halogenated alkanes) is 1. The molecule has 1 aromatic carbocycles. The van der Waals surface area contributed by atoms with Gasteiger partial charge in [-0.1, -0.05) is 58.1 Å². The van der Waals surface area contributed by atoms with Crippen molar-refractivity contribution in [1.82, 2.24) is 0 Å². The van der Waals surface area contributed by atoms with E-state index in [0.29, 0.717) is 5.92 Å². The fraction of sp³-hybridized carbons (Fsp3) is 0.682. The average Bonchev–Trinajstić information content (AvgIpc) is 2.62. The second-order valence-electron chi connectivity index (χ2n) is 7.36. The van der Waals surface area contributed by atoms with Gasteiger partial charge in [0.25, 0.3) is 0 Å². The summed E-state index contributed by atoms with van der Waals surface area (Å²) in [4.78, 5) is 0. The molecule has 1 fully saturated rings. The summed E-state index contributed by atoms with van der Waals surface area (Å²) < 4.78 is 5.72. The maximum atomic E-state index is 9.63. The number of rotatable bonds is 9. The minimum atomic E-state index is 0.166. The standard InChI is InChI=1S/C22H33NO/c1-3-5-15-24-22-13-9-19(10-14-22)16-21(17-23)20-11-7-18(6-4-2)8-12-20/h9-10,13-14,18,20-21H,3-8,11-12,15-16H2,1-2H3. The van der Waals surface area contributed by atoms with Gasteiger partial charge in [0.15, 0.2) is 0 Å². The number of nitriles is 1. The fourth-order valence-electron chi connectivity index (χ4n) is 3.92. The third-order valence-electron chi connectivity index (χ3n) is 5.47. The Morgan fingerprint density at radius 3 is 2.38 bits per heavy atom. The van der Waals surface area contributed by atoms with Crippen molar-refractivity contribution in [3.63, 3.8) is 0 Å². The summed E-state index contributed by atoms with van der Waals surface area (Å²) in [7, 11) is 0. The Morgan fingerprint density at radius 2 is 1.79 bits per heavy atom. The van der Waals surface area contributed by atoms with Crippen LogP contribution in [-0.4, -0.2) is 6.61 Å². The second-order valence-corrected chi connectivity index (χ2v) is 7.36. The van der Waals surface area contributed by atoms with Crippen LogP contribution >= 0.6 is 0 Å². The Bertz CT molecular complexity index is 494. The Labute approximate surface area is 148 Å². The molecule has 0 spiro atoms. The Kier molecular flexibility index (Phi) is 8.16. The lowest BCUT2D eigenvalue weighted by molar-refractivity contribution is 0.223. The maximum Gasteiger partial charge on any atom is 0.119 e. The molecule has 0 saturated heterocycles. The van der Waals surface area contributed by atoms with Crippen molar-refractivity contribution in [2.75, 3.05) is 6.61 Å². The zero-order chi connectivity index (χ0) is 17.2. The van der Waals surface area contributed by atoms with Gasteiger partial charge in [-0.3, -0.25) is 0 Å². The van der Waals surface area contributed by atoms with E-state index in [0.717, 1.165) is 37.5 Å². The summed E-state index contributed by atoms with van der Waals surface area (Å²) in [5.74, 6) is 2.61. The quantitative estimate of drug-likeness (QED) is 0.509. The van der Waals surface area contributed by atoms with E-state index in [2.05, 4.69) is 44.2 Å². The molecule has 132 valence electrons. The van der Waals surface area contributed by atoms with E-state index in [1.165, 1.54) is 44.1 Å². The number of hydrogen-bond acceptors (Lipinski definition) is 2. The molecule has 0 amide bonds. The van der Waals surface area contributed by atoms with Gasteiger partial charge in [0, 0.05) is 0 Å². The molecule has 0 bridgehead atoms. The minimum absolute atomic E-state index is 0.166. The molecule has 2 nitrogen and oxygen atoms in total. The molecule has 0 aromatic heterocycles. The molecular formula is C22H33NO. The molecule has 1 aromatic rings. The van der Waals surface area contributed by atoms with E-state index in [1.54, 1.807) is 0 Å². The Hall–Kier alpha value is -1.49. The van der Waals surface area contributed by atoms with Crippen LogP contribution in [0.2, 0.25) is 0 Å². The van der Waals surface area contributed by atoms with Crippen LogP contribution < -0.4 is 4.74 Å². The van der Waals surface area contributed by atoms with Gasteiger partial charge in [-0.05, 0) is 55.2 Å². The van der Waals surface area contributed by atoms with E-state index < -0.39 is 0 Å². The number of hydrogen-bond donors (Lipinski definition) is 0. The SMILES string of the molecule is CCCCOc1ccc(CC(C#N)C2CCC(CCC)CC2)cc1. The van der Waals surface area contributed by atoms with Gasteiger partial charge in [-0.2, -0.15) is 5.26 Å². The first-order valence-electron chi connectivity index (χ1n) is 9.88. The molecule has 0 aliphatic heterocycles. The minimum Gasteiger partial charge on any atom is -0.494 e. The summed E-state index contributed by atoms with van der Waals surface area (Å²) in [5.41, 5.74) is 1.26. The highest BCUT2D eigenvalue weighted by atomic mass is 16.5. The molecule has 0 N–H and O–H groups in total. The predicted octanol–water partition coefficient (Wildman–Crippen LogP) is 6.15. The monoisotopic (exact) mass is 327 g/mol. The van der Waals surface area contributed by atoms with Crippen LogP contribution in [0.4, 0.5) is 0 Å². The van der Waals surface area contributed by atoms with Gasteiger partial charge in [0.05, 0.1) is 18.6 Å². The van der Waals surface area contributed by atoms with Crippen LogP contribution in [0, 0.1) is 29.1 Å². The Morgan fingerprint density at radius 1 is 1.08 bits per heavy atom. The highest BCUT2D eigenvalue weighted by Crippen LogP contribution is 2.36. The lowest BCUT2D eigenvalue weighted by Gasteiger charge is -2.31. The first-order chi connectivity index (χ1) is 11.8. The molecular weight excluding hydrogens is 294 g/mol. The van der Waals surface area contributed by atoms with Gasteiger partial charge in [0.1, 0.15) is 5.75 Å². The summed E-state index contributed by atoms with van der Waals surface area (Å²) in [6.07, 6.45) is 10.9. The van der Waals surface area contributed by atoms with Gasteiger partial charge in [0.2, 0.25) is 0 Å². The molecule has 1 atom stereocenters. The van der Waals surface area contributed by atoms with Crippen LogP contribution in [0.25, 0.3) is 0 Å². The van der Waals surface area contributed by atoms with Gasteiger partial charge in [-0.25, -0.2) is 0 Å². The van der Waals surface area contributed by atoms with E-state index in [9.17, 15) is 5.26 Å². The maximum absolute atomic E-state index is 9.63. The zero-order valence-electron chi connectivity index (χ0n) is 15.5. The van der Waals surface area contributed by atoms with Crippen LogP contribution in [0.15, 0.2) is 24.3 Å². The summed E-state index contributed by atoms with van der Waals surface area (Å²) >= 11 is 0. The van der Waals surface area contributed by atoms with Gasteiger partial charge < -0.3 is 4.74 Å². The first-order valence-corrected chi connectivity index (χ1v) is 9.88. The van der Waals surface area contributed by atoms with Gasteiger partial charge in [-0.15, -0.1) is 0 Å². The van der Waals surface area contributed by atoms with Crippen molar-refractivity contribution in [2.24, 2.45) is 17.8 Å². The van der Waals surface area contributed by atoms with Crippen molar-refractivity contribution >= 4 is 0 Å². The molecule has 0 radical (unpaired) electrons. The van der Waals surface area contributed by atoms with Crippen LogP contribution in [0.1, 0.15) is 70.8 Å². The van der Waals surface area contributed by atoms with Crippen LogP contribution in [-0.2, 0) is 6.42 Å². The second kappa shape index (κ2) is 10.4. The molecule has 1 unspecified atom stereocenters. The number of nitrogens with zero attached hydrogens (tertiary/aromatic N) is 1. The molecule has 1 aliphatic rings. The highest BCUT2D eigenvalue weighted by Gasteiger charge is 2.27. The lowest BCUT2D eigenvalue weighted by Crippen LogP contribution is -2.22. The molecule has 2 rings (SSSR count). The third-order valence-corrected chi connectivity index (χ3v) is 5.47. The van der Waals surface area contributed by atoms with Crippen molar-refractivity contribution in [2.45, 2.75) is 71.6 Å². The number of benzene rings is 1. The molecule has 2 heteroatoms. The highest BCUT2D eigenvalue weighted by molar-refractivity contribution is 5.28. The van der Waals surface area contributed by atoms with E-state index in [1.807, 2.05) is 0 Å². The van der Waals surface area contributed by atoms with Crippen molar-refractivity contribution in [1.29, 1.82) is 5.26 Å². The summed E-state index contributed by atoms with van der Waals surface area (Å²) in [6.45, 7) is 5.24. The predicted molar refractivity (Wildman–Crippen MR) is 100 cm³/mol. The topological polar surface area (TPSA) is 33.0 Å². The van der Waals surface area contributed by atoms with Crippen molar-refractivity contribution in [3.05, 3.63) is 29.8 Å². The molecule has 24 heavy (non-hydrogen) atoms. The van der Waals surface area contributed by atoms with Gasteiger partial charge >= 0.3 is 0 Å². The third kappa shape index (κ3) is 5.86. The average molecular weight is 328 g/mol. The van der Waals surface area contributed by atoms with E-state index >= 15 is 0 Å². The zero-order valence-corrected chi connectivity index (χ0v) is 15.5. The van der Waals surface area contributed by atoms with Crippen molar-refractivity contribution < 1.29 is 4.74 Å². The largest absolute Gasteiger partial charge is 0.494 e. The summed E-state index contributed by atoms with van der Waals surface area (Å²) in [6, 6.07) is 11.0. The lowest BCUT2D eigenvalue weighted by atomic mass is 9.73. The normalized spacial score (nSPS) is 21.9. The molecule has 0 heterocycles. The van der Waals surface area contributed by atoms with Crippen LogP contribution in [0.3, 0.4) is 0 Å². The van der Waals surface area contributed by atoms with E-state index in [4.69, 9.17) is 4.74 Å². The fourth-order valence-corrected chi connectivity index (χ4v) is 3.92. The van der Waals surface area contributed by atoms with Crippen molar-refractivity contribution in [3.8, 4) is 11.8 Å². The van der Waals surface area contributed by atoms with E-state index in [-0.39, 0.29) is 5.92 Å². The molecule has 1 aliphatic carbocycles. The smallest absolute Gasteiger partial charge is 0.119 e. The van der Waals surface area contributed by atoms with Crippen LogP contribution in [0.5, 0.6) is 5.75 Å². The number of ether oxygens (including phenoxy) is 1. The summed E-state index contributed by atoms with van der Waals surface area (Å²) in [5, 5.41) is 9.63. The molecule has 1 saturated carbocycles. The first kappa shape index (κ1) is 18.8. The Balaban J connectivity index is 1.83.